The zero-order chi connectivity index (χ0) is 20.8. The highest BCUT2D eigenvalue weighted by Gasteiger charge is 2.21. The van der Waals surface area contributed by atoms with Gasteiger partial charge in [0.2, 0.25) is 5.91 Å². The molecule has 0 radical (unpaired) electrons. The van der Waals surface area contributed by atoms with Crippen molar-refractivity contribution in [3.8, 4) is 0 Å². The van der Waals surface area contributed by atoms with Crippen molar-refractivity contribution in [1.82, 2.24) is 14.9 Å². The molecule has 1 aromatic heterocycles. The second kappa shape index (κ2) is 10.4. The van der Waals surface area contributed by atoms with Crippen LogP contribution < -0.4 is 5.32 Å². The first-order valence-corrected chi connectivity index (χ1v) is 13.1. The first kappa shape index (κ1) is 21.3. The number of aryl methyl sites for hydroxylation is 1. The Labute approximate surface area is 186 Å². The van der Waals surface area contributed by atoms with Gasteiger partial charge in [0.05, 0.1) is 17.1 Å². The minimum atomic E-state index is -0.140. The van der Waals surface area contributed by atoms with Crippen molar-refractivity contribution in [3.05, 3.63) is 66.0 Å². The lowest BCUT2D eigenvalue weighted by Gasteiger charge is -2.19. The molecule has 3 aromatic rings. The predicted molar refractivity (Wildman–Crippen MR) is 129 cm³/mol. The average Bonchev–Trinajstić information content (AvgIpc) is 3.40. The minimum Gasteiger partial charge on any atom is -0.346 e. The maximum Gasteiger partial charge on any atom is 0.220 e. The standard InChI is InChI=1S/C24H29N3OS2/c1-27-22-13-7-6-12-20(22)26-24(27)21(17-18-9-3-2-4-10-18)25-23(28)14-8-5-11-19-15-16-29-30-19/h2-4,6-7,9-10,12-13,19,21H,5,8,11,14-17H2,1H3,(H,25,28)/t19-,21-/m0/s1. The Morgan fingerprint density at radius 2 is 1.97 bits per heavy atom. The molecular formula is C24H29N3OS2. The summed E-state index contributed by atoms with van der Waals surface area (Å²) in [6, 6.07) is 18.3. The Hall–Kier alpha value is -1.92. The number of rotatable bonds is 9. The van der Waals surface area contributed by atoms with Gasteiger partial charge in [-0.1, -0.05) is 70.5 Å². The van der Waals surface area contributed by atoms with E-state index in [1.165, 1.54) is 24.2 Å². The Morgan fingerprint density at radius 3 is 2.73 bits per heavy atom. The molecule has 0 unspecified atom stereocenters. The molecule has 1 saturated heterocycles. The van der Waals surface area contributed by atoms with Gasteiger partial charge >= 0.3 is 0 Å². The van der Waals surface area contributed by atoms with Crippen molar-refractivity contribution in [2.75, 3.05) is 5.75 Å². The number of imidazole rings is 1. The molecule has 1 fully saturated rings. The fourth-order valence-corrected chi connectivity index (χ4v) is 7.05. The lowest BCUT2D eigenvalue weighted by atomic mass is 10.0. The fraction of sp³-hybridized carbons (Fsp3) is 0.417. The molecule has 4 nitrogen and oxygen atoms in total. The molecule has 2 heterocycles. The van der Waals surface area contributed by atoms with Crippen LogP contribution in [0.5, 0.6) is 0 Å². The van der Waals surface area contributed by atoms with Crippen LogP contribution in [0, 0.1) is 0 Å². The van der Waals surface area contributed by atoms with Gasteiger partial charge in [-0.3, -0.25) is 4.79 Å². The Morgan fingerprint density at radius 1 is 1.17 bits per heavy atom. The number of carbonyl (C=O) groups is 1. The van der Waals surface area contributed by atoms with E-state index in [2.05, 4.69) is 28.1 Å². The molecule has 0 aliphatic carbocycles. The van der Waals surface area contributed by atoms with Gasteiger partial charge < -0.3 is 9.88 Å². The molecule has 4 rings (SSSR count). The molecule has 1 amide bonds. The minimum absolute atomic E-state index is 0.122. The summed E-state index contributed by atoms with van der Waals surface area (Å²) in [6.45, 7) is 0. The summed E-state index contributed by atoms with van der Waals surface area (Å²) < 4.78 is 2.11. The number of aromatic nitrogens is 2. The molecule has 0 bridgehead atoms. The second-order valence-corrected chi connectivity index (χ2v) is 10.7. The molecule has 30 heavy (non-hydrogen) atoms. The van der Waals surface area contributed by atoms with Crippen LogP contribution in [-0.2, 0) is 18.3 Å². The Balaban J connectivity index is 1.43. The van der Waals surface area contributed by atoms with Crippen LogP contribution in [-0.4, -0.2) is 26.5 Å². The van der Waals surface area contributed by atoms with E-state index in [0.29, 0.717) is 6.42 Å². The van der Waals surface area contributed by atoms with E-state index < -0.39 is 0 Å². The number of nitrogens with zero attached hydrogens (tertiary/aromatic N) is 2. The summed E-state index contributed by atoms with van der Waals surface area (Å²) in [5.74, 6) is 2.30. The van der Waals surface area contributed by atoms with Gasteiger partial charge in [0, 0.05) is 24.5 Å². The number of para-hydroxylation sites is 2. The van der Waals surface area contributed by atoms with Gasteiger partial charge in [0.25, 0.3) is 0 Å². The van der Waals surface area contributed by atoms with Gasteiger partial charge in [-0.05, 0) is 43.4 Å². The number of fused-ring (bicyclic) bond motifs is 1. The monoisotopic (exact) mass is 439 g/mol. The van der Waals surface area contributed by atoms with Crippen LogP contribution in [0.3, 0.4) is 0 Å². The van der Waals surface area contributed by atoms with Gasteiger partial charge in [-0.15, -0.1) is 0 Å². The van der Waals surface area contributed by atoms with Crippen LogP contribution >= 0.6 is 21.6 Å². The van der Waals surface area contributed by atoms with E-state index in [9.17, 15) is 4.79 Å². The maximum atomic E-state index is 12.8. The summed E-state index contributed by atoms with van der Waals surface area (Å²) in [5, 5.41) is 4.06. The molecule has 1 N–H and O–H groups in total. The van der Waals surface area contributed by atoms with Crippen molar-refractivity contribution in [1.29, 1.82) is 0 Å². The average molecular weight is 440 g/mol. The quantitative estimate of drug-likeness (QED) is 0.344. The molecule has 0 saturated carbocycles. The van der Waals surface area contributed by atoms with E-state index in [-0.39, 0.29) is 11.9 Å². The zero-order valence-corrected chi connectivity index (χ0v) is 19.1. The third kappa shape index (κ3) is 5.41. The number of benzene rings is 2. The first-order valence-electron chi connectivity index (χ1n) is 10.7. The van der Waals surface area contributed by atoms with Crippen LogP contribution in [0.1, 0.15) is 49.5 Å². The van der Waals surface area contributed by atoms with Crippen LogP contribution in [0.2, 0.25) is 0 Å². The summed E-state index contributed by atoms with van der Waals surface area (Å²) in [6.07, 6.45) is 5.94. The predicted octanol–water partition coefficient (Wildman–Crippen LogP) is 5.69. The zero-order valence-electron chi connectivity index (χ0n) is 17.4. The molecule has 1 aliphatic heterocycles. The van der Waals surface area contributed by atoms with E-state index in [0.717, 1.165) is 41.4 Å². The number of carbonyl (C=O) groups excluding carboxylic acids is 1. The number of hydrogen-bond acceptors (Lipinski definition) is 4. The number of nitrogens with one attached hydrogen (secondary N) is 1. The van der Waals surface area contributed by atoms with Crippen LogP contribution in [0.15, 0.2) is 54.6 Å². The van der Waals surface area contributed by atoms with Gasteiger partial charge in [-0.2, -0.15) is 0 Å². The maximum absolute atomic E-state index is 12.8. The van der Waals surface area contributed by atoms with Gasteiger partial charge in [0.15, 0.2) is 0 Å². The van der Waals surface area contributed by atoms with E-state index in [4.69, 9.17) is 4.98 Å². The fourth-order valence-electron chi connectivity index (χ4n) is 4.02. The Kier molecular flexibility index (Phi) is 7.39. The van der Waals surface area contributed by atoms with E-state index in [1.807, 2.05) is 65.0 Å². The summed E-state index contributed by atoms with van der Waals surface area (Å²) in [4.78, 5) is 17.6. The topological polar surface area (TPSA) is 46.9 Å². The molecule has 0 spiro atoms. The van der Waals surface area contributed by atoms with E-state index in [1.54, 1.807) is 0 Å². The summed E-state index contributed by atoms with van der Waals surface area (Å²) in [5.41, 5.74) is 3.26. The Bertz CT molecular complexity index is 967. The van der Waals surface area contributed by atoms with Crippen molar-refractivity contribution in [2.24, 2.45) is 7.05 Å². The highest BCUT2D eigenvalue weighted by molar-refractivity contribution is 8.77. The second-order valence-electron chi connectivity index (χ2n) is 7.90. The van der Waals surface area contributed by atoms with Crippen LogP contribution in [0.25, 0.3) is 11.0 Å². The smallest absolute Gasteiger partial charge is 0.220 e. The first-order chi connectivity index (χ1) is 14.7. The molecule has 158 valence electrons. The molecule has 1 aliphatic rings. The van der Waals surface area contributed by atoms with Gasteiger partial charge in [0.1, 0.15) is 5.82 Å². The molecule has 2 aromatic carbocycles. The SMILES string of the molecule is Cn1c([C@H](Cc2ccccc2)NC(=O)CCCC[C@H]2CCSS2)nc2ccccc21. The lowest BCUT2D eigenvalue weighted by Crippen LogP contribution is -2.31. The van der Waals surface area contributed by atoms with Crippen molar-refractivity contribution >= 4 is 38.5 Å². The van der Waals surface area contributed by atoms with Crippen molar-refractivity contribution < 1.29 is 4.79 Å². The largest absolute Gasteiger partial charge is 0.346 e. The number of hydrogen-bond donors (Lipinski definition) is 1. The third-order valence-electron chi connectivity index (χ3n) is 5.66. The normalized spacial score (nSPS) is 17.3. The number of unbranched alkanes of at least 4 members (excludes halogenated alkanes) is 1. The molecular weight excluding hydrogens is 410 g/mol. The molecule has 2 atom stereocenters. The van der Waals surface area contributed by atoms with Crippen molar-refractivity contribution in [3.63, 3.8) is 0 Å². The van der Waals surface area contributed by atoms with Crippen LogP contribution in [0.4, 0.5) is 0 Å². The van der Waals surface area contributed by atoms with Crippen molar-refractivity contribution in [2.45, 2.75) is 49.8 Å². The summed E-state index contributed by atoms with van der Waals surface area (Å²) in [7, 11) is 6.04. The summed E-state index contributed by atoms with van der Waals surface area (Å²) >= 11 is 0. The van der Waals surface area contributed by atoms with E-state index >= 15 is 0 Å². The number of amides is 1. The lowest BCUT2D eigenvalue weighted by molar-refractivity contribution is -0.122. The molecule has 6 heteroatoms. The third-order valence-corrected chi connectivity index (χ3v) is 8.67. The van der Waals surface area contributed by atoms with Gasteiger partial charge in [-0.25, -0.2) is 4.98 Å². The highest BCUT2D eigenvalue weighted by atomic mass is 33.1. The highest BCUT2D eigenvalue weighted by Crippen LogP contribution is 2.39.